The van der Waals surface area contributed by atoms with Gasteiger partial charge in [-0.15, -0.1) is 0 Å². The van der Waals surface area contributed by atoms with E-state index >= 15 is 0 Å². The number of halogens is 1. The smallest absolute Gasteiger partial charge is 0.248 e. The van der Waals surface area contributed by atoms with Gasteiger partial charge in [-0.3, -0.25) is 38.8 Å². The summed E-state index contributed by atoms with van der Waals surface area (Å²) >= 11 is 6.44. The number of aliphatic hydroxyl groups excluding tert-OH is 2. The number of rotatable bonds is 20. The topological polar surface area (TPSA) is 205 Å². The summed E-state index contributed by atoms with van der Waals surface area (Å²) in [6, 6.07) is 34.1. The number of piperidine rings is 2. The summed E-state index contributed by atoms with van der Waals surface area (Å²) < 4.78 is 0. The molecule has 16 nitrogen and oxygen atoms in total. The largest absolute Gasteiger partial charge is 0.392 e. The summed E-state index contributed by atoms with van der Waals surface area (Å²) in [5.41, 5.74) is 12.7. The molecule has 1 aromatic heterocycles. The number of aromatic nitrogens is 1. The van der Waals surface area contributed by atoms with E-state index in [4.69, 9.17) is 17.3 Å². The Labute approximate surface area is 502 Å². The summed E-state index contributed by atoms with van der Waals surface area (Å²) in [4.78, 5) is 78.8. The second-order valence-electron chi connectivity index (χ2n) is 24.7. The van der Waals surface area contributed by atoms with E-state index in [0.717, 1.165) is 85.4 Å². The van der Waals surface area contributed by atoms with E-state index in [1.807, 2.05) is 153 Å². The van der Waals surface area contributed by atoms with E-state index in [-0.39, 0.29) is 48.4 Å². The van der Waals surface area contributed by atoms with Crippen molar-refractivity contribution in [1.29, 1.82) is 0 Å². The minimum atomic E-state index is -0.833. The van der Waals surface area contributed by atoms with Crippen molar-refractivity contribution in [1.82, 2.24) is 35.2 Å². The molecule has 0 bridgehead atoms. The van der Waals surface area contributed by atoms with E-state index in [0.29, 0.717) is 81.5 Å². The Morgan fingerprint density at radius 3 is 2.19 bits per heavy atom. The summed E-state index contributed by atoms with van der Waals surface area (Å²) in [7, 11) is 0. The van der Waals surface area contributed by atoms with Gasteiger partial charge in [0.2, 0.25) is 29.5 Å². The second-order valence-corrected chi connectivity index (χ2v) is 25.1. The van der Waals surface area contributed by atoms with Gasteiger partial charge in [0.1, 0.15) is 6.04 Å². The van der Waals surface area contributed by atoms with Crippen LogP contribution in [0.15, 0.2) is 122 Å². The summed E-state index contributed by atoms with van der Waals surface area (Å²) in [6.45, 7) is 17.3. The van der Waals surface area contributed by atoms with Crippen LogP contribution in [0, 0.1) is 24.7 Å². The van der Waals surface area contributed by atoms with Gasteiger partial charge < -0.3 is 41.3 Å². The number of carbonyl (C=O) groups excluding carboxylic acids is 5. The lowest BCUT2D eigenvalue weighted by Crippen LogP contribution is -2.61. The maximum Gasteiger partial charge on any atom is 0.248 e. The number of nitrogens with zero attached hydrogens (tertiary/aromatic N) is 6. The van der Waals surface area contributed by atoms with Crippen molar-refractivity contribution >= 4 is 46.8 Å². The van der Waals surface area contributed by atoms with Crippen molar-refractivity contribution in [3.8, 4) is 0 Å². The van der Waals surface area contributed by atoms with Crippen molar-refractivity contribution < 1.29 is 34.2 Å². The van der Waals surface area contributed by atoms with Crippen molar-refractivity contribution in [3.05, 3.63) is 166 Å². The van der Waals surface area contributed by atoms with Gasteiger partial charge in [-0.1, -0.05) is 90.5 Å². The number of primary amides is 1. The zero-order valence-corrected chi connectivity index (χ0v) is 50.6. The van der Waals surface area contributed by atoms with Gasteiger partial charge in [-0.2, -0.15) is 0 Å². The molecule has 0 saturated carbocycles. The van der Waals surface area contributed by atoms with Gasteiger partial charge in [0.15, 0.2) is 0 Å². The van der Waals surface area contributed by atoms with Crippen molar-refractivity contribution in [2.24, 2.45) is 23.5 Å². The predicted molar refractivity (Wildman–Crippen MR) is 330 cm³/mol. The average Bonchev–Trinajstić information content (AvgIpc) is 3.87. The number of likely N-dealkylation sites (tertiary alicyclic amines) is 2. The molecule has 0 spiro atoms. The van der Waals surface area contributed by atoms with Crippen LogP contribution >= 0.6 is 11.6 Å². The maximum absolute atomic E-state index is 13.8. The molecule has 0 unspecified atom stereocenters. The third-order valence-electron chi connectivity index (χ3n) is 17.1. The molecule has 84 heavy (non-hydrogen) atoms. The van der Waals surface area contributed by atoms with E-state index in [9.17, 15) is 34.2 Å². The molecule has 4 heterocycles. The summed E-state index contributed by atoms with van der Waals surface area (Å²) in [6.07, 6.45) is 8.86. The number of amides is 5. The van der Waals surface area contributed by atoms with Gasteiger partial charge in [0.05, 0.1) is 18.2 Å². The number of pyridine rings is 1. The van der Waals surface area contributed by atoms with E-state index < -0.39 is 35.7 Å². The highest BCUT2D eigenvalue weighted by Gasteiger charge is 2.38. The van der Waals surface area contributed by atoms with Gasteiger partial charge in [0.25, 0.3) is 0 Å². The minimum absolute atomic E-state index is 0.0712. The Morgan fingerprint density at radius 2 is 1.52 bits per heavy atom. The lowest BCUT2D eigenvalue weighted by Gasteiger charge is -2.42. The maximum atomic E-state index is 13.8. The van der Waals surface area contributed by atoms with E-state index in [1.165, 1.54) is 5.56 Å². The Kier molecular flexibility index (Phi) is 22.7. The molecule has 1 aliphatic carbocycles. The molecule has 0 radical (unpaired) electrons. The number of benzene rings is 4. The molecule has 6 N–H and O–H groups in total. The number of hydrogen-bond acceptors (Lipinski definition) is 11. The first-order valence-corrected chi connectivity index (χ1v) is 30.5. The molecule has 5 aromatic rings. The summed E-state index contributed by atoms with van der Waals surface area (Å²) in [5.74, 6) is -0.398. The highest BCUT2D eigenvalue weighted by Crippen LogP contribution is 2.33. The van der Waals surface area contributed by atoms with E-state index in [1.54, 1.807) is 13.1 Å². The van der Waals surface area contributed by atoms with Crippen LogP contribution in [0.1, 0.15) is 116 Å². The molecule has 450 valence electrons. The zero-order chi connectivity index (χ0) is 59.9. The molecule has 4 aliphatic rings. The van der Waals surface area contributed by atoms with Crippen LogP contribution < -0.4 is 21.3 Å². The van der Waals surface area contributed by atoms with Gasteiger partial charge in [0, 0.05) is 112 Å². The number of piperazine rings is 1. The van der Waals surface area contributed by atoms with Crippen LogP contribution in [0.4, 0.5) is 5.69 Å². The first-order valence-electron chi connectivity index (χ1n) is 30.2. The lowest BCUT2D eigenvalue weighted by atomic mass is 9.90. The van der Waals surface area contributed by atoms with Crippen molar-refractivity contribution in [2.75, 3.05) is 70.3 Å². The number of nitrogens with two attached hydrogens (primary N) is 1. The molecular formula is C67H88ClN9O7. The number of carbonyl (C=O) groups is 5. The standard InChI is InChI=1S/C36H47N5O4.C31H41ClN4O3/c1-36(2,3)39-35(45)31-24-40(22-26-12-9-15-37-21-26)16-17-41(31)23-29(42)19-28(18-25-10-5-4-6-11-25)34(44)38-33-30-14-8-7-13-27(30)20-32(33)43;1-22-4-9-28(21-29(22)32)36(31(39)27-12-18-35(19-13-27)23(2)37)15-3-14-34-16-10-25(11-17-34)20-24-5-7-26(8-6-24)30(33)38/h4-15,21,28-29,31-33,42-43H,16-20,22-24H2,1-3H3,(H,38,44)(H,39,45);4-9,21,25,27H,3,10-20H2,1-2H3,(H2,33,38)/t28-,29-,31-,32+,33-;/m0./s1. The number of aliphatic hydroxyl groups is 2. The number of nitrogens with one attached hydrogen (secondary N) is 2. The monoisotopic (exact) mass is 1170 g/mol. The molecule has 3 saturated heterocycles. The number of β-amino-alcohol motifs (C(OH)–C–C–N with tert-alkyl or cyclic N) is 1. The first-order chi connectivity index (χ1) is 40.3. The third kappa shape index (κ3) is 18.2. The Morgan fingerprint density at radius 1 is 0.821 bits per heavy atom. The minimum Gasteiger partial charge on any atom is -0.392 e. The normalized spacial score (nSPS) is 19.8. The second kappa shape index (κ2) is 30.0. The Bertz CT molecular complexity index is 2970. The predicted octanol–water partition coefficient (Wildman–Crippen LogP) is 7.55. The zero-order valence-electron chi connectivity index (χ0n) is 49.8. The molecule has 4 aromatic carbocycles. The molecule has 3 aliphatic heterocycles. The van der Waals surface area contributed by atoms with Crippen LogP contribution in [-0.2, 0) is 45.0 Å². The average molecular weight is 1170 g/mol. The van der Waals surface area contributed by atoms with Crippen LogP contribution in [0.25, 0.3) is 0 Å². The molecular weight excluding hydrogens is 1080 g/mol. The number of aryl methyl sites for hydroxylation is 1. The van der Waals surface area contributed by atoms with Gasteiger partial charge in [-0.05, 0) is 168 Å². The van der Waals surface area contributed by atoms with Crippen LogP contribution in [0.3, 0.4) is 0 Å². The quantitative estimate of drug-likeness (QED) is 0.0515. The SMILES string of the molecule is CC(=O)N1CCC(C(=O)N(CCCN2CCC(Cc3ccc(C(N)=O)cc3)CC2)c2ccc(C)c(Cl)c2)CC1.CC(C)(C)NC(=O)[C@@H]1CN(Cc2cccnc2)CCN1C[C@@H](O)C[C@H](Cc1ccccc1)C(=O)N[C@H]1c2ccccc2C[C@H]1O. The van der Waals surface area contributed by atoms with Gasteiger partial charge >= 0.3 is 0 Å². The molecule has 17 heteroatoms. The first kappa shape index (κ1) is 63.5. The van der Waals surface area contributed by atoms with Crippen molar-refractivity contribution in [3.63, 3.8) is 0 Å². The molecule has 5 atom stereocenters. The molecule has 5 amide bonds. The lowest BCUT2D eigenvalue weighted by molar-refractivity contribution is -0.133. The van der Waals surface area contributed by atoms with Crippen LogP contribution in [-0.4, -0.2) is 154 Å². The number of fused-ring (bicyclic) bond motifs is 1. The fourth-order valence-electron chi connectivity index (χ4n) is 12.3. The molecule has 9 rings (SSSR count). The molecule has 3 fully saturated rings. The van der Waals surface area contributed by atoms with Crippen molar-refractivity contribution in [2.45, 2.75) is 129 Å². The third-order valence-corrected chi connectivity index (χ3v) is 17.5. The van der Waals surface area contributed by atoms with Gasteiger partial charge in [-0.25, -0.2) is 0 Å². The number of hydrogen-bond donors (Lipinski definition) is 5. The van der Waals surface area contributed by atoms with E-state index in [2.05, 4.69) is 30.3 Å². The Balaban J connectivity index is 0.000000221. The summed E-state index contributed by atoms with van der Waals surface area (Å²) in [5, 5.41) is 29.2. The highest BCUT2D eigenvalue weighted by molar-refractivity contribution is 6.31. The fourth-order valence-corrected chi connectivity index (χ4v) is 12.5. The highest BCUT2D eigenvalue weighted by atomic mass is 35.5. The number of anilines is 1. The Hall–Kier alpha value is -6.53. The van der Waals surface area contributed by atoms with Crippen LogP contribution in [0.5, 0.6) is 0 Å². The fraction of sp³-hybridized carbons (Fsp3) is 0.493. The van der Waals surface area contributed by atoms with Crippen LogP contribution in [0.2, 0.25) is 5.02 Å².